The molecule has 0 aliphatic carbocycles. The summed E-state index contributed by atoms with van der Waals surface area (Å²) in [6.45, 7) is 3.01. The number of carbonyl (C=O) groups excluding carboxylic acids is 2. The molecule has 4 nitrogen and oxygen atoms in total. The Balaban J connectivity index is 2.15. The maximum atomic E-state index is 12.9. The number of carbonyl (C=O) groups is 2. The molecule has 0 saturated carbocycles. The van der Waals surface area contributed by atoms with Crippen LogP contribution in [0.25, 0.3) is 0 Å². The van der Waals surface area contributed by atoms with Gasteiger partial charge in [-0.3, -0.25) is 4.79 Å². The van der Waals surface area contributed by atoms with E-state index < -0.39 is 47.5 Å². The van der Waals surface area contributed by atoms with Crippen LogP contribution in [0.1, 0.15) is 53.2 Å². The summed E-state index contributed by atoms with van der Waals surface area (Å²) in [6.07, 6.45) is -9.42. The number of alkyl halides is 6. The minimum Gasteiger partial charge on any atom is -0.452 e. The number of amides is 1. The maximum absolute atomic E-state index is 12.9. The highest BCUT2D eigenvalue weighted by Gasteiger charge is 2.37. The molecule has 0 aliphatic rings. The molecule has 0 fully saturated rings. The van der Waals surface area contributed by atoms with E-state index >= 15 is 0 Å². The molecule has 2 rings (SSSR count). The molecule has 0 spiro atoms. The summed E-state index contributed by atoms with van der Waals surface area (Å²) in [7, 11) is 0. The van der Waals surface area contributed by atoms with Crippen molar-refractivity contribution in [3.8, 4) is 0 Å². The Kier molecular flexibility index (Phi) is 7.35. The summed E-state index contributed by atoms with van der Waals surface area (Å²) < 4.78 is 82.1. The number of anilines is 1. The highest BCUT2D eigenvalue weighted by atomic mass is 19.4. The Morgan fingerprint density at radius 2 is 1.52 bits per heavy atom. The van der Waals surface area contributed by atoms with Crippen molar-refractivity contribution in [2.24, 2.45) is 0 Å². The van der Waals surface area contributed by atoms with Crippen molar-refractivity contribution < 1.29 is 40.7 Å². The number of para-hydroxylation sites is 1. The van der Waals surface area contributed by atoms with Crippen molar-refractivity contribution in [1.82, 2.24) is 0 Å². The number of ether oxygens (including phenoxy) is 1. The van der Waals surface area contributed by atoms with Crippen LogP contribution in [-0.2, 0) is 21.9 Å². The molecule has 2 aromatic carbocycles. The largest absolute Gasteiger partial charge is 0.452 e. The topological polar surface area (TPSA) is 55.4 Å². The second kappa shape index (κ2) is 9.40. The minimum absolute atomic E-state index is 0.102. The molecule has 0 bridgehead atoms. The molecule has 31 heavy (non-hydrogen) atoms. The van der Waals surface area contributed by atoms with Crippen LogP contribution in [0.5, 0.6) is 0 Å². The predicted molar refractivity (Wildman–Crippen MR) is 101 cm³/mol. The van der Waals surface area contributed by atoms with Gasteiger partial charge in [-0.05, 0) is 42.2 Å². The fraction of sp³-hybridized carbons (Fsp3) is 0.333. The third kappa shape index (κ3) is 6.47. The van der Waals surface area contributed by atoms with Gasteiger partial charge in [-0.1, -0.05) is 32.0 Å². The van der Waals surface area contributed by atoms with Gasteiger partial charge in [0, 0.05) is 5.69 Å². The van der Waals surface area contributed by atoms with Crippen molar-refractivity contribution in [1.29, 1.82) is 0 Å². The van der Waals surface area contributed by atoms with Crippen molar-refractivity contribution in [2.75, 3.05) is 11.9 Å². The molecule has 0 aliphatic heterocycles. The van der Waals surface area contributed by atoms with E-state index in [2.05, 4.69) is 10.1 Å². The molecular formula is C21H19F6NO3. The summed E-state index contributed by atoms with van der Waals surface area (Å²) in [4.78, 5) is 24.2. The van der Waals surface area contributed by atoms with E-state index in [4.69, 9.17) is 0 Å². The zero-order chi connectivity index (χ0) is 23.4. The van der Waals surface area contributed by atoms with Crippen molar-refractivity contribution >= 4 is 17.6 Å². The van der Waals surface area contributed by atoms with Gasteiger partial charge in [-0.15, -0.1) is 0 Å². The van der Waals surface area contributed by atoms with Crippen LogP contribution in [0, 0.1) is 0 Å². The molecule has 0 saturated heterocycles. The summed E-state index contributed by atoms with van der Waals surface area (Å²) >= 11 is 0. The Morgan fingerprint density at radius 3 is 2.03 bits per heavy atom. The van der Waals surface area contributed by atoms with Gasteiger partial charge in [0.1, 0.15) is 0 Å². The van der Waals surface area contributed by atoms with Gasteiger partial charge >= 0.3 is 18.3 Å². The molecular weight excluding hydrogens is 428 g/mol. The standard InChI is InChI=1S/C21H19F6NO3/c1-3-12(2)16-6-4-5-7-17(16)28-18(29)11-31-19(30)13-8-14(20(22,23)24)10-15(9-13)21(25,26)27/h4-10,12H,3,11H2,1-2H3,(H,28,29)/t12-/m0/s1. The third-order valence-electron chi connectivity index (χ3n) is 4.54. The van der Waals surface area contributed by atoms with E-state index in [0.717, 1.165) is 12.0 Å². The molecule has 1 atom stereocenters. The lowest BCUT2D eigenvalue weighted by atomic mass is 9.97. The van der Waals surface area contributed by atoms with Gasteiger partial charge in [0.25, 0.3) is 5.91 Å². The normalized spacial score (nSPS) is 12.9. The number of esters is 1. The summed E-state index contributed by atoms with van der Waals surface area (Å²) in [6, 6.07) is 7.27. The maximum Gasteiger partial charge on any atom is 0.416 e. The van der Waals surface area contributed by atoms with E-state index in [0.29, 0.717) is 5.69 Å². The molecule has 0 radical (unpaired) electrons. The SMILES string of the molecule is CC[C@H](C)c1ccccc1NC(=O)COC(=O)c1cc(C(F)(F)F)cc(C(F)(F)F)c1. The first-order chi connectivity index (χ1) is 14.3. The fourth-order valence-corrected chi connectivity index (χ4v) is 2.73. The monoisotopic (exact) mass is 447 g/mol. The minimum atomic E-state index is -5.10. The average Bonchev–Trinajstić information content (AvgIpc) is 2.70. The fourth-order valence-electron chi connectivity index (χ4n) is 2.73. The van der Waals surface area contributed by atoms with Crippen molar-refractivity contribution in [3.05, 3.63) is 64.7 Å². The summed E-state index contributed by atoms with van der Waals surface area (Å²) in [5.41, 5.74) is -2.97. The van der Waals surface area contributed by atoms with Crippen LogP contribution in [0.2, 0.25) is 0 Å². The molecule has 0 unspecified atom stereocenters. The van der Waals surface area contributed by atoms with Crippen LogP contribution in [0.4, 0.5) is 32.0 Å². The van der Waals surface area contributed by atoms with Gasteiger partial charge in [0.15, 0.2) is 6.61 Å². The average molecular weight is 447 g/mol. The van der Waals surface area contributed by atoms with Gasteiger partial charge in [-0.25, -0.2) is 4.79 Å². The third-order valence-corrected chi connectivity index (χ3v) is 4.54. The highest BCUT2D eigenvalue weighted by molar-refractivity contribution is 5.96. The first-order valence-corrected chi connectivity index (χ1v) is 9.18. The van der Waals surface area contributed by atoms with E-state index in [1.807, 2.05) is 13.8 Å². The Hall–Kier alpha value is -3.04. The quantitative estimate of drug-likeness (QED) is 0.434. The second-order valence-corrected chi connectivity index (χ2v) is 6.82. The molecule has 168 valence electrons. The Bertz CT molecular complexity index is 921. The molecule has 2 aromatic rings. The lowest BCUT2D eigenvalue weighted by Gasteiger charge is -2.16. The van der Waals surface area contributed by atoms with Crippen LogP contribution in [0.15, 0.2) is 42.5 Å². The van der Waals surface area contributed by atoms with Crippen LogP contribution in [0.3, 0.4) is 0 Å². The number of rotatable bonds is 6. The Morgan fingerprint density at radius 1 is 0.968 bits per heavy atom. The molecule has 1 N–H and O–H groups in total. The zero-order valence-electron chi connectivity index (χ0n) is 16.5. The van der Waals surface area contributed by atoms with E-state index in [9.17, 15) is 35.9 Å². The first-order valence-electron chi connectivity index (χ1n) is 9.18. The van der Waals surface area contributed by atoms with E-state index in [1.165, 1.54) is 0 Å². The lowest BCUT2D eigenvalue weighted by molar-refractivity contribution is -0.143. The van der Waals surface area contributed by atoms with E-state index in [1.54, 1.807) is 24.3 Å². The number of nitrogens with one attached hydrogen (secondary N) is 1. The number of halogens is 6. The van der Waals surface area contributed by atoms with Crippen molar-refractivity contribution in [3.63, 3.8) is 0 Å². The van der Waals surface area contributed by atoms with Crippen LogP contribution >= 0.6 is 0 Å². The van der Waals surface area contributed by atoms with Crippen LogP contribution < -0.4 is 5.32 Å². The van der Waals surface area contributed by atoms with Gasteiger partial charge < -0.3 is 10.1 Å². The predicted octanol–water partition coefficient (Wildman–Crippen LogP) is 6.03. The molecule has 10 heteroatoms. The smallest absolute Gasteiger partial charge is 0.416 e. The number of hydrogen-bond donors (Lipinski definition) is 1. The zero-order valence-corrected chi connectivity index (χ0v) is 16.5. The van der Waals surface area contributed by atoms with Gasteiger partial charge in [0.05, 0.1) is 16.7 Å². The summed E-state index contributed by atoms with van der Waals surface area (Å²) in [5.74, 6) is -2.15. The molecule has 0 aromatic heterocycles. The molecule has 0 heterocycles. The van der Waals surface area contributed by atoms with Gasteiger partial charge in [0.2, 0.25) is 0 Å². The lowest BCUT2D eigenvalue weighted by Crippen LogP contribution is -2.22. The van der Waals surface area contributed by atoms with Crippen LogP contribution in [-0.4, -0.2) is 18.5 Å². The first kappa shape index (κ1) is 24.2. The molecule has 1 amide bonds. The second-order valence-electron chi connectivity index (χ2n) is 6.82. The summed E-state index contributed by atoms with van der Waals surface area (Å²) in [5, 5.41) is 2.53. The van der Waals surface area contributed by atoms with E-state index in [-0.39, 0.29) is 24.1 Å². The number of benzene rings is 2. The van der Waals surface area contributed by atoms with Crippen molar-refractivity contribution in [2.45, 2.75) is 38.5 Å². The highest BCUT2D eigenvalue weighted by Crippen LogP contribution is 2.36. The van der Waals surface area contributed by atoms with Gasteiger partial charge in [-0.2, -0.15) is 26.3 Å². The number of hydrogen-bond acceptors (Lipinski definition) is 3. The Labute approximate surface area is 174 Å².